The molecule has 1 unspecified atom stereocenters. The monoisotopic (exact) mass is 297 g/mol. The van der Waals surface area contributed by atoms with Gasteiger partial charge < -0.3 is 9.67 Å². The molecule has 21 heavy (non-hydrogen) atoms. The largest absolute Gasteiger partial charge is 0.416 e. The van der Waals surface area contributed by atoms with Gasteiger partial charge >= 0.3 is 6.18 Å². The van der Waals surface area contributed by atoms with Gasteiger partial charge in [0, 0.05) is 13.0 Å². The standard InChI is InChI=1S/C14H14F3N3O/c15-14(16,17)10-5-3-9(4-6-10)8-12-18-19-13-11(21)2-1-7-20(12)13/h3-6,11,21H,1-2,7-8H2. The highest BCUT2D eigenvalue weighted by Gasteiger charge is 2.30. The van der Waals surface area contributed by atoms with E-state index in [2.05, 4.69) is 10.2 Å². The third kappa shape index (κ3) is 2.78. The summed E-state index contributed by atoms with van der Waals surface area (Å²) in [5, 5.41) is 17.8. The number of aliphatic hydroxyl groups is 1. The van der Waals surface area contributed by atoms with Crippen molar-refractivity contribution in [2.75, 3.05) is 0 Å². The van der Waals surface area contributed by atoms with Crippen molar-refractivity contribution in [3.63, 3.8) is 0 Å². The Morgan fingerprint density at radius 2 is 1.90 bits per heavy atom. The highest BCUT2D eigenvalue weighted by atomic mass is 19.4. The van der Waals surface area contributed by atoms with Gasteiger partial charge in [0.2, 0.25) is 0 Å². The van der Waals surface area contributed by atoms with Gasteiger partial charge in [0.15, 0.2) is 5.82 Å². The lowest BCUT2D eigenvalue weighted by Crippen LogP contribution is -2.17. The predicted octanol–water partition coefficient (Wildman–Crippen LogP) is 2.71. The summed E-state index contributed by atoms with van der Waals surface area (Å²) in [5.74, 6) is 1.21. The fourth-order valence-electron chi connectivity index (χ4n) is 2.54. The molecule has 0 aliphatic carbocycles. The number of aromatic nitrogens is 3. The average molecular weight is 297 g/mol. The van der Waals surface area contributed by atoms with Gasteiger partial charge in [0.1, 0.15) is 11.9 Å². The van der Waals surface area contributed by atoms with Gasteiger partial charge in [-0.15, -0.1) is 10.2 Å². The zero-order chi connectivity index (χ0) is 15.0. The number of hydrogen-bond acceptors (Lipinski definition) is 3. The fraction of sp³-hybridized carbons (Fsp3) is 0.429. The van der Waals surface area contributed by atoms with E-state index in [0.29, 0.717) is 24.5 Å². The molecule has 0 fully saturated rings. The van der Waals surface area contributed by atoms with Crippen LogP contribution in [0.15, 0.2) is 24.3 Å². The molecule has 7 heteroatoms. The summed E-state index contributed by atoms with van der Waals surface area (Å²) >= 11 is 0. The number of fused-ring (bicyclic) bond motifs is 1. The SMILES string of the molecule is OC1CCCn2c(Cc3ccc(C(F)(F)F)cc3)nnc21. The molecule has 1 aliphatic rings. The van der Waals surface area contributed by atoms with Crippen LogP contribution in [-0.2, 0) is 19.1 Å². The number of hydrogen-bond donors (Lipinski definition) is 1. The summed E-state index contributed by atoms with van der Waals surface area (Å²) < 4.78 is 39.4. The Kier molecular flexibility index (Phi) is 3.44. The lowest BCUT2D eigenvalue weighted by molar-refractivity contribution is -0.137. The molecule has 2 aromatic rings. The van der Waals surface area contributed by atoms with Crippen LogP contribution in [0.3, 0.4) is 0 Å². The maximum Gasteiger partial charge on any atom is 0.416 e. The number of benzene rings is 1. The Hall–Kier alpha value is -1.89. The molecule has 0 spiro atoms. The molecule has 0 radical (unpaired) electrons. The van der Waals surface area contributed by atoms with E-state index in [9.17, 15) is 18.3 Å². The zero-order valence-electron chi connectivity index (χ0n) is 11.1. The number of nitrogens with zero attached hydrogens (tertiary/aromatic N) is 3. The normalized spacial score (nSPS) is 18.6. The summed E-state index contributed by atoms with van der Waals surface area (Å²) in [6, 6.07) is 5.03. The smallest absolute Gasteiger partial charge is 0.385 e. The van der Waals surface area contributed by atoms with Crippen LogP contribution in [0.5, 0.6) is 0 Å². The van der Waals surface area contributed by atoms with E-state index in [1.54, 1.807) is 0 Å². The molecule has 0 saturated heterocycles. The van der Waals surface area contributed by atoms with E-state index < -0.39 is 17.8 Å². The molecular formula is C14H14F3N3O. The summed E-state index contributed by atoms with van der Waals surface area (Å²) in [4.78, 5) is 0. The minimum atomic E-state index is -4.32. The number of aliphatic hydroxyl groups excluding tert-OH is 1. The van der Waals surface area contributed by atoms with Crippen molar-refractivity contribution < 1.29 is 18.3 Å². The summed E-state index contributed by atoms with van der Waals surface area (Å²) in [7, 11) is 0. The third-order valence-electron chi connectivity index (χ3n) is 3.66. The first kappa shape index (κ1) is 14.1. The highest BCUT2D eigenvalue weighted by molar-refractivity contribution is 5.26. The van der Waals surface area contributed by atoms with Crippen molar-refractivity contribution in [3.05, 3.63) is 47.0 Å². The van der Waals surface area contributed by atoms with Gasteiger partial charge in [0.05, 0.1) is 5.56 Å². The van der Waals surface area contributed by atoms with Crippen molar-refractivity contribution in [3.8, 4) is 0 Å². The van der Waals surface area contributed by atoms with Gasteiger partial charge in [-0.1, -0.05) is 12.1 Å². The second-order valence-electron chi connectivity index (χ2n) is 5.16. The van der Waals surface area contributed by atoms with Crippen molar-refractivity contribution in [2.45, 2.75) is 38.1 Å². The summed E-state index contributed by atoms with van der Waals surface area (Å²) in [6.45, 7) is 0.732. The Morgan fingerprint density at radius 3 is 2.57 bits per heavy atom. The molecule has 1 aromatic carbocycles. The van der Waals surface area contributed by atoms with Crippen molar-refractivity contribution >= 4 is 0 Å². The summed E-state index contributed by atoms with van der Waals surface area (Å²) in [5.41, 5.74) is 0.0724. The van der Waals surface area contributed by atoms with E-state index in [1.165, 1.54) is 12.1 Å². The zero-order valence-corrected chi connectivity index (χ0v) is 11.1. The minimum Gasteiger partial charge on any atom is -0.385 e. The molecule has 1 atom stereocenters. The van der Waals surface area contributed by atoms with Crippen molar-refractivity contribution in [1.29, 1.82) is 0 Å². The predicted molar refractivity (Wildman–Crippen MR) is 68.5 cm³/mol. The van der Waals surface area contributed by atoms with Crippen LogP contribution in [0.2, 0.25) is 0 Å². The Morgan fingerprint density at radius 1 is 1.19 bits per heavy atom. The number of halogens is 3. The fourth-order valence-corrected chi connectivity index (χ4v) is 2.54. The second kappa shape index (κ2) is 5.14. The molecule has 1 aliphatic heterocycles. The van der Waals surface area contributed by atoms with Crippen LogP contribution in [0.4, 0.5) is 13.2 Å². The van der Waals surface area contributed by atoms with Crippen LogP contribution >= 0.6 is 0 Å². The highest BCUT2D eigenvalue weighted by Crippen LogP contribution is 2.29. The molecule has 3 rings (SSSR count). The van der Waals surface area contributed by atoms with E-state index in [1.807, 2.05) is 4.57 Å². The quantitative estimate of drug-likeness (QED) is 0.927. The third-order valence-corrected chi connectivity index (χ3v) is 3.66. The van der Waals surface area contributed by atoms with Gasteiger partial charge in [0.25, 0.3) is 0 Å². The first-order valence-corrected chi connectivity index (χ1v) is 6.71. The van der Waals surface area contributed by atoms with Crippen molar-refractivity contribution in [1.82, 2.24) is 14.8 Å². The molecule has 0 bridgehead atoms. The molecule has 2 heterocycles. The van der Waals surface area contributed by atoms with E-state index in [4.69, 9.17) is 0 Å². The van der Waals surface area contributed by atoms with Gasteiger partial charge in [-0.3, -0.25) is 0 Å². The van der Waals surface area contributed by atoms with E-state index in [0.717, 1.165) is 30.7 Å². The molecule has 112 valence electrons. The number of rotatable bonds is 2. The first-order valence-electron chi connectivity index (χ1n) is 6.71. The van der Waals surface area contributed by atoms with E-state index in [-0.39, 0.29) is 0 Å². The van der Waals surface area contributed by atoms with Crippen LogP contribution in [-0.4, -0.2) is 19.9 Å². The Bertz CT molecular complexity index is 634. The van der Waals surface area contributed by atoms with Gasteiger partial charge in [-0.05, 0) is 30.5 Å². The van der Waals surface area contributed by atoms with Crippen LogP contribution in [0.25, 0.3) is 0 Å². The van der Waals surface area contributed by atoms with Gasteiger partial charge in [-0.2, -0.15) is 13.2 Å². The van der Waals surface area contributed by atoms with Crippen molar-refractivity contribution in [2.24, 2.45) is 0 Å². The number of alkyl halides is 3. The first-order chi connectivity index (χ1) is 9.95. The maximum atomic E-state index is 12.5. The summed E-state index contributed by atoms with van der Waals surface area (Å²) in [6.07, 6.45) is -3.02. The molecule has 4 nitrogen and oxygen atoms in total. The maximum absolute atomic E-state index is 12.5. The minimum absolute atomic E-state index is 0.401. The molecular weight excluding hydrogens is 283 g/mol. The van der Waals surface area contributed by atoms with Crippen LogP contribution in [0.1, 0.15) is 41.7 Å². The molecule has 1 aromatic heterocycles. The molecule has 1 N–H and O–H groups in total. The van der Waals surface area contributed by atoms with Crippen LogP contribution < -0.4 is 0 Å². The lowest BCUT2D eigenvalue weighted by Gasteiger charge is -2.19. The molecule has 0 saturated carbocycles. The Labute approximate surface area is 119 Å². The Balaban J connectivity index is 1.81. The van der Waals surface area contributed by atoms with Gasteiger partial charge in [-0.25, -0.2) is 0 Å². The van der Waals surface area contributed by atoms with Crippen LogP contribution in [0, 0.1) is 0 Å². The topological polar surface area (TPSA) is 50.9 Å². The molecule has 0 amide bonds. The average Bonchev–Trinajstić information content (AvgIpc) is 2.83. The second-order valence-corrected chi connectivity index (χ2v) is 5.16. The van der Waals surface area contributed by atoms with E-state index >= 15 is 0 Å². The lowest BCUT2D eigenvalue weighted by atomic mass is 10.1.